The fourth-order valence-corrected chi connectivity index (χ4v) is 7.19. The minimum absolute atomic E-state index is 0.0103. The second-order valence-electron chi connectivity index (χ2n) is 11.4. The zero-order chi connectivity index (χ0) is 25.2. The van der Waals surface area contributed by atoms with E-state index in [1.54, 1.807) is 25.4 Å². The number of piperidine rings is 1. The third-order valence-electron chi connectivity index (χ3n) is 9.52. The molecule has 0 bridgehead atoms. The minimum Gasteiger partial charge on any atom is -0.378 e. The number of aryl methyl sites for hydroxylation is 1. The van der Waals surface area contributed by atoms with Crippen LogP contribution >= 0.6 is 0 Å². The molecule has 4 aliphatic rings. The fourth-order valence-electron chi connectivity index (χ4n) is 7.19. The molecule has 0 spiro atoms. The van der Waals surface area contributed by atoms with Crippen molar-refractivity contribution in [2.45, 2.75) is 44.7 Å². The Balaban J connectivity index is 1.36. The second-order valence-corrected chi connectivity index (χ2v) is 11.4. The van der Waals surface area contributed by atoms with Crippen molar-refractivity contribution in [3.63, 3.8) is 0 Å². The molecule has 2 aliphatic carbocycles. The summed E-state index contributed by atoms with van der Waals surface area (Å²) in [6.45, 7) is 4.70. The van der Waals surface area contributed by atoms with Gasteiger partial charge in [-0.05, 0) is 18.1 Å². The molecule has 4 fully saturated rings. The number of anilines is 1. The van der Waals surface area contributed by atoms with Crippen LogP contribution in [0.1, 0.15) is 43.1 Å². The van der Waals surface area contributed by atoms with Gasteiger partial charge >= 0.3 is 5.91 Å². The minimum atomic E-state index is -0.631. The maximum absolute atomic E-state index is 15.4. The average molecular weight is 497 g/mol. The molecule has 5 atom stereocenters. The lowest BCUT2D eigenvalue weighted by atomic mass is 9.64. The van der Waals surface area contributed by atoms with Gasteiger partial charge in [0.25, 0.3) is 5.91 Å². The van der Waals surface area contributed by atoms with Gasteiger partial charge in [-0.3, -0.25) is 9.48 Å². The van der Waals surface area contributed by atoms with E-state index >= 15 is 4.39 Å². The Morgan fingerprint density at radius 1 is 1.25 bits per heavy atom. The number of ether oxygens (including phenoxy) is 1. The highest BCUT2D eigenvalue weighted by Gasteiger charge is 2.75. The topological polar surface area (TPSA) is 76.5 Å². The molecule has 1 N–H and O–H groups in total. The van der Waals surface area contributed by atoms with Crippen LogP contribution in [0.2, 0.25) is 0 Å². The number of rotatable bonds is 5. The van der Waals surface area contributed by atoms with E-state index in [0.717, 1.165) is 19.3 Å². The molecule has 3 heterocycles. The number of halogens is 1. The first-order valence-electron chi connectivity index (χ1n) is 13.1. The quantitative estimate of drug-likeness (QED) is 0.645. The summed E-state index contributed by atoms with van der Waals surface area (Å²) in [5.41, 5.74) is 1.53. The molecular formula is C27H35FN5O3+. The second kappa shape index (κ2) is 8.38. The van der Waals surface area contributed by atoms with Crippen molar-refractivity contribution in [3.05, 3.63) is 42.0 Å². The van der Waals surface area contributed by atoms with Crippen LogP contribution in [0.25, 0.3) is 0 Å². The Bertz CT molecular complexity index is 1210. The van der Waals surface area contributed by atoms with Crippen molar-refractivity contribution in [2.75, 3.05) is 38.3 Å². The number of likely N-dealkylation sites (tertiary alicyclic amines) is 1. The van der Waals surface area contributed by atoms with Gasteiger partial charge in [0.2, 0.25) is 0 Å². The molecule has 2 saturated carbocycles. The zero-order valence-electron chi connectivity index (χ0n) is 21.2. The Morgan fingerprint density at radius 2 is 2.00 bits per heavy atom. The summed E-state index contributed by atoms with van der Waals surface area (Å²) < 4.78 is 22.4. The maximum atomic E-state index is 15.4. The van der Waals surface area contributed by atoms with Crippen molar-refractivity contribution in [1.82, 2.24) is 19.6 Å². The molecule has 2 aromatic rings. The lowest BCUT2D eigenvalue weighted by molar-refractivity contribution is -0.140. The van der Waals surface area contributed by atoms with Gasteiger partial charge in [0.15, 0.2) is 5.82 Å². The number of aromatic nitrogens is 2. The van der Waals surface area contributed by atoms with E-state index in [9.17, 15) is 9.59 Å². The highest BCUT2D eigenvalue weighted by Crippen LogP contribution is 2.65. The highest BCUT2D eigenvalue weighted by molar-refractivity contribution is 6.01. The lowest BCUT2D eigenvalue weighted by Gasteiger charge is -2.49. The first-order valence-corrected chi connectivity index (χ1v) is 13.1. The van der Waals surface area contributed by atoms with Gasteiger partial charge in [-0.1, -0.05) is 26.2 Å². The van der Waals surface area contributed by atoms with Gasteiger partial charge in [-0.2, -0.15) is 5.10 Å². The van der Waals surface area contributed by atoms with Crippen molar-refractivity contribution in [1.29, 1.82) is 0 Å². The molecule has 2 aliphatic heterocycles. The van der Waals surface area contributed by atoms with Gasteiger partial charge in [0, 0.05) is 56.2 Å². The van der Waals surface area contributed by atoms with Crippen LogP contribution in [0.15, 0.2) is 30.5 Å². The third-order valence-corrected chi connectivity index (χ3v) is 9.52. The Morgan fingerprint density at radius 3 is 2.61 bits per heavy atom. The number of fused-ring (bicyclic) bond motifs is 1. The van der Waals surface area contributed by atoms with Crippen LogP contribution in [-0.4, -0.2) is 67.0 Å². The summed E-state index contributed by atoms with van der Waals surface area (Å²) in [6.07, 6.45) is 5.81. The molecule has 6 rings (SSSR count). The first-order chi connectivity index (χ1) is 17.2. The van der Waals surface area contributed by atoms with E-state index in [0.29, 0.717) is 49.3 Å². The van der Waals surface area contributed by atoms with Crippen LogP contribution < -0.4 is 14.7 Å². The number of amides is 2. The highest BCUT2D eigenvalue weighted by atomic mass is 19.1. The van der Waals surface area contributed by atoms with E-state index in [-0.39, 0.29) is 39.5 Å². The van der Waals surface area contributed by atoms with E-state index in [2.05, 4.69) is 17.3 Å². The number of benzene rings is 1. The summed E-state index contributed by atoms with van der Waals surface area (Å²) in [4.78, 5) is 29.6. The normalized spacial score (nSPS) is 34.2. The van der Waals surface area contributed by atoms with Gasteiger partial charge in [0.05, 0.1) is 25.9 Å². The molecular weight excluding hydrogens is 461 g/mol. The Hall–Kier alpha value is -2.78. The van der Waals surface area contributed by atoms with E-state index in [1.807, 2.05) is 18.0 Å². The predicted molar refractivity (Wildman–Crippen MR) is 134 cm³/mol. The number of nitrogens with zero attached hydrogens (tertiary/aromatic N) is 4. The molecule has 2 saturated heterocycles. The van der Waals surface area contributed by atoms with E-state index < -0.39 is 6.04 Å². The molecule has 1 aromatic heterocycles. The molecule has 8 nitrogen and oxygen atoms in total. The molecule has 2 amide bonds. The van der Waals surface area contributed by atoms with E-state index in [4.69, 9.17) is 4.74 Å². The standard InChI is InChI=1S/C27H34FN5O3/c1-27-16-22(27)33(3,18-7-8-20(19(28)15-18)32-11-13-36-14-12-32)26(35)24(23(27)17-5-4-6-17)30-25(34)21-9-10-29-31(21)2/h7-10,15,17,22-24H,4-6,11-14,16H2,1-3H3/p+1/t22?,23?,24-,27?,33?/m0/s1. The van der Waals surface area contributed by atoms with Crippen LogP contribution in [0, 0.1) is 23.1 Å². The number of nitrogens with one attached hydrogen (secondary N) is 1. The van der Waals surface area contributed by atoms with Crippen molar-refractivity contribution < 1.29 is 18.7 Å². The predicted octanol–water partition coefficient (Wildman–Crippen LogP) is 2.87. The zero-order valence-corrected chi connectivity index (χ0v) is 21.2. The molecule has 1 aromatic carbocycles. The number of carbonyl (C=O) groups is 2. The number of carbonyl (C=O) groups excluding carboxylic acids is 2. The SMILES string of the molecule is Cn1nccc1C(=O)N[C@@H]1C(=O)[N+](C)(c2ccc(N3CCOCC3)c(F)c2)C2CC2(C)C1C1CCC1. The summed E-state index contributed by atoms with van der Waals surface area (Å²) in [5.74, 6) is -0.151. The summed E-state index contributed by atoms with van der Waals surface area (Å²) in [7, 11) is 3.62. The van der Waals surface area contributed by atoms with Crippen LogP contribution in [0.4, 0.5) is 15.8 Å². The average Bonchev–Trinajstić information content (AvgIpc) is 3.36. The van der Waals surface area contributed by atoms with Crippen LogP contribution in [-0.2, 0) is 16.6 Å². The van der Waals surface area contributed by atoms with Crippen LogP contribution in [0.5, 0.6) is 0 Å². The Kier molecular flexibility index (Phi) is 5.50. The Labute approximate surface area is 211 Å². The summed E-state index contributed by atoms with van der Waals surface area (Å²) in [6, 6.07) is 6.34. The van der Waals surface area contributed by atoms with Crippen molar-refractivity contribution >= 4 is 23.2 Å². The summed E-state index contributed by atoms with van der Waals surface area (Å²) >= 11 is 0. The smallest absolute Gasteiger partial charge is 0.341 e. The van der Waals surface area contributed by atoms with Gasteiger partial charge in [0.1, 0.15) is 23.5 Å². The molecule has 4 unspecified atom stereocenters. The molecule has 9 heteroatoms. The van der Waals surface area contributed by atoms with Crippen molar-refractivity contribution in [2.24, 2.45) is 24.3 Å². The molecule has 192 valence electrons. The van der Waals surface area contributed by atoms with Crippen LogP contribution in [0.3, 0.4) is 0 Å². The monoisotopic (exact) mass is 496 g/mol. The first kappa shape index (κ1) is 23.6. The van der Waals surface area contributed by atoms with E-state index in [1.165, 1.54) is 17.2 Å². The molecule has 36 heavy (non-hydrogen) atoms. The van der Waals surface area contributed by atoms with Gasteiger partial charge < -0.3 is 15.0 Å². The maximum Gasteiger partial charge on any atom is 0.341 e. The lowest BCUT2D eigenvalue weighted by Crippen LogP contribution is -2.69. The number of quaternary nitrogens is 1. The van der Waals surface area contributed by atoms with Gasteiger partial charge in [-0.15, -0.1) is 0 Å². The number of morpholine rings is 1. The van der Waals surface area contributed by atoms with Crippen molar-refractivity contribution in [3.8, 4) is 0 Å². The largest absolute Gasteiger partial charge is 0.378 e. The molecule has 0 radical (unpaired) electrons. The summed E-state index contributed by atoms with van der Waals surface area (Å²) in [5, 5.41) is 7.23. The number of likely N-dealkylation sites (N-methyl/N-ethyl adjacent to an activating group) is 1. The number of hydrogen-bond donors (Lipinski definition) is 1. The third kappa shape index (κ3) is 3.43. The fraction of sp³-hybridized carbons (Fsp3) is 0.593. The number of hydrogen-bond acceptors (Lipinski definition) is 5. The van der Waals surface area contributed by atoms with Gasteiger partial charge in [-0.25, -0.2) is 13.7 Å².